The quantitative estimate of drug-likeness (QED) is 0.431. The average molecular weight is 450 g/mol. The minimum absolute atomic E-state index is 0.158. The number of rotatable bonds is 6. The first-order valence-corrected chi connectivity index (χ1v) is 9.42. The molecule has 1 aliphatic rings. The first kappa shape index (κ1) is 23.1. The number of fused-ring (bicyclic) bond motifs is 1. The highest BCUT2D eigenvalue weighted by Crippen LogP contribution is 2.35. The lowest BCUT2D eigenvalue weighted by atomic mass is 10.0. The lowest BCUT2D eigenvalue weighted by molar-refractivity contribution is -0.152. The third kappa shape index (κ3) is 4.41. The number of ether oxygens (including phenoxy) is 2. The van der Waals surface area contributed by atoms with E-state index in [4.69, 9.17) is 20.9 Å². The smallest absolute Gasteiger partial charge is 0.451 e. The summed E-state index contributed by atoms with van der Waals surface area (Å²) in [4.78, 5) is 22.4. The normalized spacial score (nSPS) is 26.2. The third-order valence-corrected chi connectivity index (χ3v) is 5.19. The number of nitrogens with zero attached hydrogens (tertiary/aromatic N) is 4. The SMILES string of the molecule is CC[C@@H](C)[C@@H](N)C(=O)OC[C@H]1O[C@@H](n2cnc3c(N)nc(C(F)(F)F)nc32)C(F)C1O. The molecule has 0 aromatic carbocycles. The van der Waals surface area contributed by atoms with Gasteiger partial charge in [-0.1, -0.05) is 20.3 Å². The molecular formula is C17H22F4N6O4. The number of imidazole rings is 1. The molecule has 3 rings (SSSR count). The molecule has 0 amide bonds. The van der Waals surface area contributed by atoms with Crippen molar-refractivity contribution in [2.24, 2.45) is 11.7 Å². The average Bonchev–Trinajstić information content (AvgIpc) is 3.26. The first-order chi connectivity index (χ1) is 14.5. The van der Waals surface area contributed by atoms with Crippen LogP contribution in [0.25, 0.3) is 11.2 Å². The van der Waals surface area contributed by atoms with E-state index in [2.05, 4.69) is 15.0 Å². The predicted molar refractivity (Wildman–Crippen MR) is 97.9 cm³/mol. The molecule has 172 valence electrons. The fourth-order valence-corrected chi connectivity index (χ4v) is 3.06. The van der Waals surface area contributed by atoms with E-state index in [9.17, 15) is 27.5 Å². The second-order valence-electron chi connectivity index (χ2n) is 7.30. The van der Waals surface area contributed by atoms with Gasteiger partial charge in [-0.2, -0.15) is 13.2 Å². The Morgan fingerprint density at radius 3 is 2.71 bits per heavy atom. The Bertz CT molecular complexity index is 955. The summed E-state index contributed by atoms with van der Waals surface area (Å²) in [5, 5.41) is 10.2. The van der Waals surface area contributed by atoms with Gasteiger partial charge in [0.2, 0.25) is 5.82 Å². The van der Waals surface area contributed by atoms with Gasteiger partial charge in [0, 0.05) is 0 Å². The highest BCUT2D eigenvalue weighted by Gasteiger charge is 2.47. The monoisotopic (exact) mass is 450 g/mol. The number of anilines is 1. The number of alkyl halides is 4. The summed E-state index contributed by atoms with van der Waals surface area (Å²) in [7, 11) is 0. The van der Waals surface area contributed by atoms with Crippen molar-refractivity contribution in [2.45, 2.75) is 57.1 Å². The Morgan fingerprint density at radius 1 is 1.42 bits per heavy atom. The van der Waals surface area contributed by atoms with E-state index in [1.165, 1.54) is 0 Å². The van der Waals surface area contributed by atoms with E-state index in [1.54, 1.807) is 6.92 Å². The fraction of sp³-hybridized carbons (Fsp3) is 0.647. The molecule has 0 spiro atoms. The fourth-order valence-electron chi connectivity index (χ4n) is 3.06. The van der Waals surface area contributed by atoms with Crippen LogP contribution in [0.15, 0.2) is 6.33 Å². The van der Waals surface area contributed by atoms with Crippen LogP contribution in [-0.4, -0.2) is 61.6 Å². The van der Waals surface area contributed by atoms with Gasteiger partial charge in [0.05, 0.1) is 6.33 Å². The van der Waals surface area contributed by atoms with E-state index in [0.717, 1.165) is 10.9 Å². The number of nitrogen functional groups attached to an aromatic ring is 1. The largest absolute Gasteiger partial charge is 0.462 e. The third-order valence-electron chi connectivity index (χ3n) is 5.19. The zero-order valence-electron chi connectivity index (χ0n) is 16.6. The van der Waals surface area contributed by atoms with Gasteiger partial charge in [-0.05, 0) is 5.92 Å². The van der Waals surface area contributed by atoms with E-state index in [1.807, 2.05) is 6.92 Å². The van der Waals surface area contributed by atoms with Crippen molar-refractivity contribution in [1.82, 2.24) is 19.5 Å². The Labute approximate surface area is 173 Å². The van der Waals surface area contributed by atoms with Crippen molar-refractivity contribution in [3.63, 3.8) is 0 Å². The minimum atomic E-state index is -4.90. The summed E-state index contributed by atoms with van der Waals surface area (Å²) >= 11 is 0. The van der Waals surface area contributed by atoms with Crippen molar-refractivity contribution in [3.8, 4) is 0 Å². The Kier molecular flexibility index (Phi) is 6.34. The number of aromatic nitrogens is 4. The van der Waals surface area contributed by atoms with Gasteiger partial charge in [-0.3, -0.25) is 9.36 Å². The van der Waals surface area contributed by atoms with Crippen LogP contribution in [0.4, 0.5) is 23.4 Å². The lowest BCUT2D eigenvalue weighted by Gasteiger charge is -2.19. The molecule has 0 saturated carbocycles. The number of carbonyl (C=O) groups is 1. The van der Waals surface area contributed by atoms with Crippen molar-refractivity contribution in [3.05, 3.63) is 12.2 Å². The number of carbonyl (C=O) groups excluding carboxylic acids is 1. The molecule has 2 unspecified atom stereocenters. The molecule has 2 aromatic rings. The molecule has 0 bridgehead atoms. The van der Waals surface area contributed by atoms with Crippen molar-refractivity contribution < 1.29 is 36.9 Å². The second kappa shape index (κ2) is 8.51. The summed E-state index contributed by atoms with van der Waals surface area (Å²) in [6, 6.07) is -0.904. The van der Waals surface area contributed by atoms with Crippen LogP contribution in [0.2, 0.25) is 0 Å². The van der Waals surface area contributed by atoms with Crippen LogP contribution in [0.1, 0.15) is 32.3 Å². The number of nitrogens with two attached hydrogens (primary N) is 2. The molecule has 1 aliphatic heterocycles. The van der Waals surface area contributed by atoms with Gasteiger partial charge in [0.15, 0.2) is 23.9 Å². The number of aliphatic hydroxyl groups is 1. The molecular weight excluding hydrogens is 428 g/mol. The summed E-state index contributed by atoms with van der Waals surface area (Å²) in [6.45, 7) is 3.10. The van der Waals surface area contributed by atoms with Gasteiger partial charge in [0.25, 0.3) is 0 Å². The summed E-state index contributed by atoms with van der Waals surface area (Å²) < 4.78 is 65.1. The van der Waals surface area contributed by atoms with Crippen LogP contribution in [0, 0.1) is 5.92 Å². The predicted octanol–water partition coefficient (Wildman–Crippen LogP) is 0.940. The maximum absolute atomic E-state index is 14.7. The highest BCUT2D eigenvalue weighted by molar-refractivity contribution is 5.81. The molecule has 31 heavy (non-hydrogen) atoms. The van der Waals surface area contributed by atoms with Gasteiger partial charge < -0.3 is 26.0 Å². The lowest BCUT2D eigenvalue weighted by Crippen LogP contribution is -2.40. The van der Waals surface area contributed by atoms with Crippen LogP contribution >= 0.6 is 0 Å². The molecule has 0 aliphatic carbocycles. The molecule has 14 heteroatoms. The molecule has 3 heterocycles. The number of halogens is 4. The van der Waals surface area contributed by atoms with Gasteiger partial charge in [-0.15, -0.1) is 0 Å². The Balaban J connectivity index is 1.81. The van der Waals surface area contributed by atoms with Gasteiger partial charge >= 0.3 is 12.1 Å². The summed E-state index contributed by atoms with van der Waals surface area (Å²) in [5.41, 5.74) is 10.7. The Hall–Kier alpha value is -2.58. The van der Waals surface area contributed by atoms with Crippen LogP contribution in [0.5, 0.6) is 0 Å². The second-order valence-corrected chi connectivity index (χ2v) is 7.30. The summed E-state index contributed by atoms with van der Waals surface area (Å²) in [6.07, 6.45) is -9.95. The maximum atomic E-state index is 14.7. The van der Waals surface area contributed by atoms with E-state index in [0.29, 0.717) is 6.42 Å². The van der Waals surface area contributed by atoms with Crippen molar-refractivity contribution in [2.75, 3.05) is 12.3 Å². The van der Waals surface area contributed by atoms with Crippen LogP contribution in [0.3, 0.4) is 0 Å². The van der Waals surface area contributed by atoms with Gasteiger partial charge in [0.1, 0.15) is 30.4 Å². The molecule has 1 saturated heterocycles. The standard InChI is InChI=1S/C17H22F4N6O4/c1-3-6(2)9(22)15(29)30-4-7-11(28)8(18)14(31-7)27-5-24-10-12(23)25-16(17(19,20)21)26-13(10)27/h5-9,11,14,28H,3-4,22H2,1-2H3,(H2,23,25,26)/t6-,7-,8?,9-,11?,14-/m1/s1. The zero-order valence-corrected chi connectivity index (χ0v) is 16.6. The minimum Gasteiger partial charge on any atom is -0.462 e. The highest BCUT2D eigenvalue weighted by atomic mass is 19.4. The molecule has 5 N–H and O–H groups in total. The van der Waals surface area contributed by atoms with E-state index in [-0.39, 0.29) is 11.4 Å². The number of esters is 1. The van der Waals surface area contributed by atoms with Crippen LogP contribution in [-0.2, 0) is 20.4 Å². The van der Waals surface area contributed by atoms with Crippen molar-refractivity contribution >= 4 is 23.0 Å². The number of hydrogen-bond acceptors (Lipinski definition) is 9. The topological polar surface area (TPSA) is 151 Å². The Morgan fingerprint density at radius 2 is 2.10 bits per heavy atom. The molecule has 10 nitrogen and oxygen atoms in total. The van der Waals surface area contributed by atoms with E-state index < -0.39 is 66.7 Å². The van der Waals surface area contributed by atoms with Gasteiger partial charge in [-0.25, -0.2) is 19.3 Å². The maximum Gasteiger partial charge on any atom is 0.451 e. The molecule has 0 radical (unpaired) electrons. The molecule has 1 fully saturated rings. The van der Waals surface area contributed by atoms with Crippen LogP contribution < -0.4 is 11.5 Å². The zero-order chi connectivity index (χ0) is 23.1. The van der Waals surface area contributed by atoms with E-state index >= 15 is 0 Å². The number of aliphatic hydroxyl groups excluding tert-OH is 1. The van der Waals surface area contributed by atoms with Crippen molar-refractivity contribution in [1.29, 1.82) is 0 Å². The molecule has 2 aromatic heterocycles. The number of hydrogen-bond donors (Lipinski definition) is 3. The molecule has 6 atom stereocenters. The summed E-state index contributed by atoms with van der Waals surface area (Å²) in [5.74, 6) is -2.98. The first-order valence-electron chi connectivity index (χ1n) is 9.42.